The first-order valence-electron chi connectivity index (χ1n) is 10.2. The molecule has 168 valence electrons. The average molecular weight is 466 g/mol. The van der Waals surface area contributed by atoms with Gasteiger partial charge in [0.15, 0.2) is 0 Å². The molecule has 2 aromatic carbocycles. The Labute approximate surface area is 194 Å². The van der Waals surface area contributed by atoms with Crippen LogP contribution in [-0.4, -0.2) is 34.6 Å². The van der Waals surface area contributed by atoms with Gasteiger partial charge in [-0.05, 0) is 62.4 Å². The standard InChI is InChI=1S/C24H20ClN3O5/c1-13(2)26-21(29)15-6-8-19(25)20(11-15)27-22(30)14-5-7-17-18(10-14)24(32)28(23(17)31)12-16-4-3-9-33-16/h3-11,13H,12H2,1-2H3,(H,26,29)(H,27,30). The lowest BCUT2D eigenvalue weighted by Crippen LogP contribution is -2.30. The van der Waals surface area contributed by atoms with E-state index in [1.807, 2.05) is 13.8 Å². The van der Waals surface area contributed by atoms with Crippen LogP contribution in [0.15, 0.2) is 59.2 Å². The quantitative estimate of drug-likeness (QED) is 0.532. The highest BCUT2D eigenvalue weighted by atomic mass is 35.5. The Morgan fingerprint density at radius 3 is 2.36 bits per heavy atom. The van der Waals surface area contributed by atoms with E-state index in [1.54, 1.807) is 18.2 Å². The molecule has 0 bridgehead atoms. The van der Waals surface area contributed by atoms with Gasteiger partial charge >= 0.3 is 0 Å². The molecule has 1 aliphatic rings. The molecule has 1 aliphatic heterocycles. The SMILES string of the molecule is CC(C)NC(=O)c1ccc(Cl)c(NC(=O)c2ccc3c(c2)C(=O)N(Cc2ccco2)C3=O)c1. The lowest BCUT2D eigenvalue weighted by molar-refractivity contribution is 0.0631. The van der Waals surface area contributed by atoms with Gasteiger partial charge in [-0.25, -0.2) is 0 Å². The van der Waals surface area contributed by atoms with E-state index in [1.165, 1.54) is 36.6 Å². The molecule has 0 saturated carbocycles. The maximum Gasteiger partial charge on any atom is 0.261 e. The zero-order valence-electron chi connectivity index (χ0n) is 17.8. The van der Waals surface area contributed by atoms with Gasteiger partial charge < -0.3 is 15.1 Å². The van der Waals surface area contributed by atoms with Crippen molar-refractivity contribution in [3.8, 4) is 0 Å². The van der Waals surface area contributed by atoms with E-state index >= 15 is 0 Å². The fourth-order valence-corrected chi connectivity index (χ4v) is 3.60. The van der Waals surface area contributed by atoms with Crippen LogP contribution < -0.4 is 10.6 Å². The molecule has 0 unspecified atom stereocenters. The van der Waals surface area contributed by atoms with Crippen LogP contribution in [0.2, 0.25) is 5.02 Å². The minimum atomic E-state index is -0.536. The molecular formula is C24H20ClN3O5. The number of carbonyl (C=O) groups excluding carboxylic acids is 4. The molecule has 33 heavy (non-hydrogen) atoms. The van der Waals surface area contributed by atoms with Gasteiger partial charge in [-0.1, -0.05) is 11.6 Å². The van der Waals surface area contributed by atoms with Crippen molar-refractivity contribution in [2.45, 2.75) is 26.4 Å². The van der Waals surface area contributed by atoms with E-state index in [2.05, 4.69) is 10.6 Å². The summed E-state index contributed by atoms with van der Waals surface area (Å²) >= 11 is 6.20. The van der Waals surface area contributed by atoms with Gasteiger partial charge in [0.2, 0.25) is 0 Å². The maximum absolute atomic E-state index is 12.9. The summed E-state index contributed by atoms with van der Waals surface area (Å²) in [6.45, 7) is 3.68. The minimum Gasteiger partial charge on any atom is -0.467 e. The molecular weight excluding hydrogens is 446 g/mol. The number of furan rings is 1. The topological polar surface area (TPSA) is 109 Å². The highest BCUT2D eigenvalue weighted by Gasteiger charge is 2.36. The highest BCUT2D eigenvalue weighted by Crippen LogP contribution is 2.27. The van der Waals surface area contributed by atoms with Gasteiger partial charge in [-0.15, -0.1) is 0 Å². The molecule has 0 fully saturated rings. The second kappa shape index (κ2) is 8.91. The molecule has 0 atom stereocenters. The number of amides is 4. The van der Waals surface area contributed by atoms with Gasteiger partial charge in [-0.3, -0.25) is 24.1 Å². The van der Waals surface area contributed by atoms with Crippen LogP contribution in [0.4, 0.5) is 5.69 Å². The smallest absolute Gasteiger partial charge is 0.261 e. The zero-order valence-corrected chi connectivity index (χ0v) is 18.6. The molecule has 8 nitrogen and oxygen atoms in total. The first kappa shape index (κ1) is 22.3. The van der Waals surface area contributed by atoms with Crippen LogP contribution in [0, 0.1) is 0 Å². The molecule has 2 heterocycles. The lowest BCUT2D eigenvalue weighted by atomic mass is 10.1. The van der Waals surface area contributed by atoms with E-state index in [0.29, 0.717) is 11.3 Å². The number of hydrogen-bond acceptors (Lipinski definition) is 5. The maximum atomic E-state index is 12.9. The highest BCUT2D eigenvalue weighted by molar-refractivity contribution is 6.34. The summed E-state index contributed by atoms with van der Waals surface area (Å²) in [5, 5.41) is 5.69. The van der Waals surface area contributed by atoms with Gasteiger partial charge in [0.1, 0.15) is 5.76 Å². The predicted octanol–water partition coefficient (Wildman–Crippen LogP) is 4.12. The number of carbonyl (C=O) groups is 4. The Bertz CT molecular complexity index is 1270. The minimum absolute atomic E-state index is 0.00170. The number of rotatable bonds is 6. The third-order valence-electron chi connectivity index (χ3n) is 5.02. The first-order chi connectivity index (χ1) is 15.7. The number of anilines is 1. The number of benzene rings is 2. The number of imide groups is 1. The molecule has 2 N–H and O–H groups in total. The first-order valence-corrected chi connectivity index (χ1v) is 10.6. The number of nitrogens with zero attached hydrogens (tertiary/aromatic N) is 1. The summed E-state index contributed by atoms with van der Waals surface area (Å²) in [5.74, 6) is -1.32. The summed E-state index contributed by atoms with van der Waals surface area (Å²) in [7, 11) is 0. The summed E-state index contributed by atoms with van der Waals surface area (Å²) in [4.78, 5) is 51.6. The van der Waals surface area contributed by atoms with Crippen LogP contribution in [0.25, 0.3) is 0 Å². The molecule has 1 aromatic heterocycles. The fourth-order valence-electron chi connectivity index (χ4n) is 3.44. The Morgan fingerprint density at radius 1 is 0.970 bits per heavy atom. The molecule has 0 radical (unpaired) electrons. The lowest BCUT2D eigenvalue weighted by Gasteiger charge is -2.12. The van der Waals surface area contributed by atoms with E-state index in [0.717, 1.165) is 4.90 Å². The summed E-state index contributed by atoms with van der Waals surface area (Å²) in [5.41, 5.74) is 1.11. The third kappa shape index (κ3) is 4.51. The van der Waals surface area contributed by atoms with E-state index in [4.69, 9.17) is 16.0 Å². The van der Waals surface area contributed by atoms with Gasteiger partial charge in [-0.2, -0.15) is 0 Å². The average Bonchev–Trinajstić information content (AvgIpc) is 3.37. The van der Waals surface area contributed by atoms with Crippen LogP contribution in [-0.2, 0) is 6.54 Å². The van der Waals surface area contributed by atoms with E-state index < -0.39 is 17.7 Å². The molecule has 0 saturated heterocycles. The normalized spacial score (nSPS) is 12.8. The molecule has 0 spiro atoms. The van der Waals surface area contributed by atoms with Crippen LogP contribution in [0.1, 0.15) is 61.0 Å². The molecule has 0 aliphatic carbocycles. The Hall–Kier alpha value is -3.91. The van der Waals surface area contributed by atoms with Crippen molar-refractivity contribution in [3.05, 3.63) is 87.8 Å². The molecule has 4 rings (SSSR count). The Balaban J connectivity index is 1.55. The molecule has 4 amide bonds. The zero-order chi connectivity index (χ0) is 23.7. The van der Waals surface area contributed by atoms with Gasteiger partial charge in [0, 0.05) is 17.2 Å². The number of halogens is 1. The van der Waals surface area contributed by atoms with Crippen molar-refractivity contribution >= 4 is 40.9 Å². The molecule has 3 aromatic rings. The number of fused-ring (bicyclic) bond motifs is 1. The Kier molecular flexibility index (Phi) is 6.02. The van der Waals surface area contributed by atoms with E-state index in [9.17, 15) is 19.2 Å². The van der Waals surface area contributed by atoms with Crippen molar-refractivity contribution < 1.29 is 23.6 Å². The van der Waals surface area contributed by atoms with Crippen LogP contribution in [0.5, 0.6) is 0 Å². The van der Waals surface area contributed by atoms with Crippen molar-refractivity contribution in [1.82, 2.24) is 10.2 Å². The van der Waals surface area contributed by atoms with Crippen LogP contribution >= 0.6 is 11.6 Å². The predicted molar refractivity (Wildman–Crippen MR) is 121 cm³/mol. The Morgan fingerprint density at radius 2 is 1.67 bits per heavy atom. The van der Waals surface area contributed by atoms with Crippen molar-refractivity contribution in [2.75, 3.05) is 5.32 Å². The fraction of sp³-hybridized carbons (Fsp3) is 0.167. The summed E-state index contributed by atoms with van der Waals surface area (Å²) in [6, 6.07) is 12.1. The largest absolute Gasteiger partial charge is 0.467 e. The van der Waals surface area contributed by atoms with Crippen molar-refractivity contribution in [3.63, 3.8) is 0 Å². The third-order valence-corrected chi connectivity index (χ3v) is 5.35. The van der Waals surface area contributed by atoms with Crippen molar-refractivity contribution in [1.29, 1.82) is 0 Å². The molecule has 9 heteroatoms. The van der Waals surface area contributed by atoms with E-state index in [-0.39, 0.29) is 45.9 Å². The van der Waals surface area contributed by atoms with Crippen molar-refractivity contribution in [2.24, 2.45) is 0 Å². The number of nitrogens with one attached hydrogen (secondary N) is 2. The second-order valence-corrected chi connectivity index (χ2v) is 8.22. The monoisotopic (exact) mass is 465 g/mol. The number of hydrogen-bond donors (Lipinski definition) is 2. The summed E-state index contributed by atoms with van der Waals surface area (Å²) in [6.07, 6.45) is 1.46. The second-order valence-electron chi connectivity index (χ2n) is 7.81. The van der Waals surface area contributed by atoms with Gasteiger partial charge in [0.05, 0.1) is 34.6 Å². The summed E-state index contributed by atoms with van der Waals surface area (Å²) < 4.78 is 5.23. The van der Waals surface area contributed by atoms with Gasteiger partial charge in [0.25, 0.3) is 23.6 Å². The van der Waals surface area contributed by atoms with Crippen LogP contribution in [0.3, 0.4) is 0 Å².